The number of nitrogen functional groups attached to an aromatic ring is 1. The van der Waals surface area contributed by atoms with Crippen molar-refractivity contribution in [3.8, 4) is 54.0 Å². The van der Waals surface area contributed by atoms with E-state index in [2.05, 4.69) is 239 Å². The quantitative estimate of drug-likeness (QED) is 0.0364. The summed E-state index contributed by atoms with van der Waals surface area (Å²) >= 11 is 18.1. The van der Waals surface area contributed by atoms with Crippen molar-refractivity contribution in [2.24, 2.45) is 0 Å². The molecule has 0 spiro atoms. The summed E-state index contributed by atoms with van der Waals surface area (Å²) in [6.45, 7) is 6.29. The zero-order valence-corrected chi connectivity index (χ0v) is 71.4. The number of rotatable bonds is 13. The summed E-state index contributed by atoms with van der Waals surface area (Å²) in [6, 6.07) is 91.9. The first-order valence-electron chi connectivity index (χ1n) is 38.3. The molecule has 7 N–H and O–H groups in total. The zero-order chi connectivity index (χ0) is 84.1. The number of benzene rings is 13. The van der Waals surface area contributed by atoms with Crippen molar-refractivity contribution in [1.82, 2.24) is 34.9 Å². The largest absolute Gasteiger partial charge is 0.416 e. The van der Waals surface area contributed by atoms with E-state index in [1.807, 2.05) is 134 Å². The fourth-order valence-corrected chi connectivity index (χ4v) is 18.4. The molecular formula is C98H68Br2ClF4N13OS3. The Morgan fingerprint density at radius 3 is 1.16 bits per heavy atom. The van der Waals surface area contributed by atoms with Crippen molar-refractivity contribution in [1.29, 1.82) is 0 Å². The molecule has 13 aromatic carbocycles. The number of nitrogens with one attached hydrogen (secondary N) is 5. The molecule has 598 valence electrons. The molecule has 24 heteroatoms. The molecule has 7 heterocycles. The van der Waals surface area contributed by atoms with Gasteiger partial charge in [0, 0.05) is 111 Å². The molecule has 122 heavy (non-hydrogen) atoms. The van der Waals surface area contributed by atoms with Gasteiger partial charge in [-0.15, -0.1) is 34.0 Å². The minimum Gasteiger partial charge on any atom is -0.399 e. The van der Waals surface area contributed by atoms with Gasteiger partial charge in [0.25, 0.3) is 0 Å². The van der Waals surface area contributed by atoms with Crippen molar-refractivity contribution < 1.29 is 22.4 Å². The Balaban J connectivity index is 0.000000125. The molecule has 0 saturated carbocycles. The highest BCUT2D eigenvalue weighted by Crippen LogP contribution is 2.41. The lowest BCUT2D eigenvalue weighted by Crippen LogP contribution is -2.20. The van der Waals surface area contributed by atoms with Gasteiger partial charge in [-0.05, 0) is 259 Å². The summed E-state index contributed by atoms with van der Waals surface area (Å²) in [7, 11) is 0. The maximum atomic E-state index is 14.1. The van der Waals surface area contributed by atoms with Crippen LogP contribution in [0.2, 0.25) is 5.15 Å². The lowest BCUT2D eigenvalue weighted by molar-refractivity contribution is -0.137. The van der Waals surface area contributed by atoms with Gasteiger partial charge in [-0.25, -0.2) is 44.1 Å². The molecule has 0 aliphatic heterocycles. The number of fused-ring (bicyclic) bond motifs is 7. The van der Waals surface area contributed by atoms with E-state index in [-0.39, 0.29) is 0 Å². The third-order valence-electron chi connectivity index (χ3n) is 20.1. The summed E-state index contributed by atoms with van der Waals surface area (Å²) in [5, 5.41) is 27.0. The minimum absolute atomic E-state index is 0.373. The number of aryl methyl sites for hydroxylation is 3. The highest BCUT2D eigenvalue weighted by Gasteiger charge is 2.31. The van der Waals surface area contributed by atoms with Gasteiger partial charge in [-0.1, -0.05) is 147 Å². The van der Waals surface area contributed by atoms with Gasteiger partial charge in [0.2, 0.25) is 0 Å². The van der Waals surface area contributed by atoms with Crippen molar-refractivity contribution in [3.05, 3.63) is 358 Å². The Labute approximate surface area is 731 Å². The van der Waals surface area contributed by atoms with Crippen LogP contribution in [0, 0.1) is 26.6 Å². The lowest BCUT2D eigenvalue weighted by atomic mass is 9.99. The number of pyridine rings is 4. The van der Waals surface area contributed by atoms with Crippen LogP contribution in [0.3, 0.4) is 0 Å². The standard InChI is InChI=1S/C37H25F4N5OS.C29H22N4S.C23H16BrN3S.C9H5BrClN/c1-21-5-16-31-33(19-21)48-35(45-31)23-8-13-25(14-9-23)43-34-29-4-2-3-27(28(29)17-18-42-34)22-6-11-26(12-7-22)44-36(47)46-32-20-24(37(39,40)41)10-15-30(32)38;1-18-5-14-26-27(17-18)34-29(33-26)20-8-12-22(13-9-20)32-28-25-4-2-3-23(24(25)15-16-31-28)19-6-10-21(30)11-7-19;1-14-5-10-20-21(13-14)28-23(27-20)15-6-8-16(9-7-15)26-22-18-3-2-4-19(24)17(18)11-12-25-22;10-8-3-1-2-7-6(8)4-5-12-9(7)11/h2-20H,1H3,(H,42,43)(H2,44,46,47);2-17H,30H2,1H3,(H,31,32);2-13H,1H3,(H,25,26);1-5H. The lowest BCUT2D eigenvalue weighted by Gasteiger charge is -2.13. The monoisotopic (exact) mass is 1810 g/mol. The maximum Gasteiger partial charge on any atom is 0.416 e. The number of amides is 2. The van der Waals surface area contributed by atoms with E-state index in [9.17, 15) is 22.4 Å². The second kappa shape index (κ2) is 35.5. The van der Waals surface area contributed by atoms with Crippen LogP contribution in [-0.4, -0.2) is 40.9 Å². The molecule has 7 aromatic heterocycles. The van der Waals surface area contributed by atoms with Crippen LogP contribution in [0.4, 0.5) is 73.9 Å². The Hall–Kier alpha value is -13.4. The summed E-state index contributed by atoms with van der Waals surface area (Å²) in [4.78, 5) is 44.5. The summed E-state index contributed by atoms with van der Waals surface area (Å²) in [6.07, 6.45) is 2.44. The van der Waals surface area contributed by atoms with Crippen LogP contribution in [0.25, 0.3) is 128 Å². The van der Waals surface area contributed by atoms with Gasteiger partial charge in [0.1, 0.15) is 43.4 Å². The predicted molar refractivity (Wildman–Crippen MR) is 506 cm³/mol. The van der Waals surface area contributed by atoms with Crippen LogP contribution in [0.1, 0.15) is 22.3 Å². The number of aromatic nitrogens is 7. The van der Waals surface area contributed by atoms with Crippen LogP contribution in [0.15, 0.2) is 325 Å². The van der Waals surface area contributed by atoms with Crippen LogP contribution < -0.4 is 32.3 Å². The summed E-state index contributed by atoms with van der Waals surface area (Å²) < 4.78 is 58.9. The average molecular weight is 1810 g/mol. The number of carbonyl (C=O) groups is 1. The first kappa shape index (κ1) is 81.0. The normalized spacial score (nSPS) is 11.3. The molecule has 0 aliphatic carbocycles. The van der Waals surface area contributed by atoms with Crippen molar-refractivity contribution in [2.45, 2.75) is 26.9 Å². The van der Waals surface area contributed by atoms with E-state index >= 15 is 0 Å². The third kappa shape index (κ3) is 18.3. The first-order chi connectivity index (χ1) is 59.2. The number of nitrogens with zero attached hydrogens (tertiary/aromatic N) is 7. The van der Waals surface area contributed by atoms with E-state index in [0.717, 1.165) is 162 Å². The number of anilines is 9. The molecule has 20 aromatic rings. The number of thiazole rings is 3. The second-order valence-electron chi connectivity index (χ2n) is 28.6. The molecule has 0 unspecified atom stereocenters. The average Bonchev–Trinajstić information content (AvgIpc) is 0.901. The first-order valence-corrected chi connectivity index (χ1v) is 42.7. The minimum atomic E-state index is -4.67. The van der Waals surface area contributed by atoms with E-state index in [4.69, 9.17) is 32.3 Å². The zero-order valence-electron chi connectivity index (χ0n) is 65.0. The molecule has 0 saturated heterocycles. The van der Waals surface area contributed by atoms with Gasteiger partial charge in [-0.2, -0.15) is 13.2 Å². The number of hydrogen-bond acceptors (Lipinski definition) is 15. The Bertz CT molecular complexity index is 7260. The van der Waals surface area contributed by atoms with Crippen LogP contribution >= 0.6 is 77.5 Å². The molecular weight excluding hydrogens is 1740 g/mol. The van der Waals surface area contributed by atoms with Gasteiger partial charge < -0.3 is 32.3 Å². The molecule has 0 atom stereocenters. The van der Waals surface area contributed by atoms with Crippen LogP contribution in [0.5, 0.6) is 0 Å². The van der Waals surface area contributed by atoms with Crippen molar-refractivity contribution in [2.75, 3.05) is 32.3 Å². The smallest absolute Gasteiger partial charge is 0.399 e. The molecule has 20 rings (SSSR count). The summed E-state index contributed by atoms with van der Waals surface area (Å²) in [5.41, 5.74) is 22.4. The number of hydrogen-bond donors (Lipinski definition) is 6. The van der Waals surface area contributed by atoms with Crippen LogP contribution in [-0.2, 0) is 6.18 Å². The third-order valence-corrected chi connectivity index (χ3v) is 25.0. The van der Waals surface area contributed by atoms with Gasteiger partial charge in [-0.3, -0.25) is 0 Å². The molecule has 2 amide bonds. The Kier molecular flexibility index (Phi) is 23.6. The fourth-order valence-electron chi connectivity index (χ4n) is 14.0. The molecule has 14 nitrogen and oxygen atoms in total. The summed E-state index contributed by atoms with van der Waals surface area (Å²) in [5.74, 6) is 1.39. The number of nitrogens with two attached hydrogens (primary N) is 1. The van der Waals surface area contributed by atoms with Crippen molar-refractivity contribution >= 4 is 209 Å². The second-order valence-corrected chi connectivity index (χ2v) is 33.8. The van der Waals surface area contributed by atoms with Crippen molar-refractivity contribution in [3.63, 3.8) is 0 Å². The number of alkyl halides is 3. The molecule has 0 aliphatic rings. The number of urea groups is 1. The van der Waals surface area contributed by atoms with E-state index in [1.165, 1.54) is 26.1 Å². The highest BCUT2D eigenvalue weighted by atomic mass is 79.9. The fraction of sp³-hybridized carbons (Fsp3) is 0.0408. The Morgan fingerprint density at radius 2 is 0.738 bits per heavy atom. The van der Waals surface area contributed by atoms with Gasteiger partial charge in [0.15, 0.2) is 0 Å². The maximum absolute atomic E-state index is 14.1. The molecule has 0 bridgehead atoms. The topological polar surface area (TPSA) is 193 Å². The number of carbonyl (C=O) groups excluding carboxylic acids is 1. The van der Waals surface area contributed by atoms with E-state index in [0.29, 0.717) is 34.9 Å². The molecule has 0 fully saturated rings. The van der Waals surface area contributed by atoms with E-state index in [1.54, 1.807) is 58.5 Å². The molecule has 0 radical (unpaired) electrons. The number of halogens is 7. The SMILES string of the molecule is Cc1ccc2nc(-c3ccc(Nc4nccc5c(-c6ccc(N)cc6)cccc45)cc3)sc2c1.Cc1ccc2nc(-c3ccc(Nc4nccc5c(-c6ccc(NC(=O)Nc7cc(C(F)(F)F)ccc7F)cc6)cccc45)cc3)sc2c1.Cc1ccc2nc(-c3ccc(Nc4nccc5c(Br)cccc45)cc3)sc2c1.Clc1nccc2c(Br)cccc12. The Morgan fingerprint density at radius 1 is 0.377 bits per heavy atom. The predicted octanol–water partition coefficient (Wildman–Crippen LogP) is 29.8. The van der Waals surface area contributed by atoms with E-state index < -0.39 is 29.3 Å². The van der Waals surface area contributed by atoms with Gasteiger partial charge >= 0.3 is 12.2 Å². The highest BCUT2D eigenvalue weighted by molar-refractivity contribution is 9.11. The van der Waals surface area contributed by atoms with Gasteiger partial charge in [0.05, 0.1) is 41.9 Å².